The SMILES string of the molecule is CCOC(=O)[C@@H](NC(=O)c1c(Cl)nc(CC)n1Cc1ccc2oc(-c3ccccc3-c3nnn(C(c4ccccc4)(c4ccccc4)c4ccccc4)n3)c(Br)c2c1)C(C)CC. The van der Waals surface area contributed by atoms with Gasteiger partial charge in [0.15, 0.2) is 10.7 Å². The van der Waals surface area contributed by atoms with Gasteiger partial charge in [0.1, 0.15) is 28.9 Å². The number of esters is 1. The number of carbonyl (C=O) groups excluding carboxylic acids is 2. The number of carbonyl (C=O) groups is 2. The highest BCUT2D eigenvalue weighted by Gasteiger charge is 2.41. The van der Waals surface area contributed by atoms with Gasteiger partial charge in [-0.25, -0.2) is 9.78 Å². The van der Waals surface area contributed by atoms with Crippen LogP contribution in [0.4, 0.5) is 0 Å². The Balaban J connectivity index is 1.16. The van der Waals surface area contributed by atoms with E-state index in [2.05, 4.69) is 62.6 Å². The fourth-order valence-corrected chi connectivity index (χ4v) is 8.92. The number of aryl methyl sites for hydroxylation is 1. The molecule has 2 atom stereocenters. The van der Waals surface area contributed by atoms with Crippen LogP contribution in [0.25, 0.3) is 33.7 Å². The maximum absolute atomic E-state index is 13.9. The molecule has 1 N–H and O–H groups in total. The van der Waals surface area contributed by atoms with Gasteiger partial charge in [-0.3, -0.25) is 4.79 Å². The van der Waals surface area contributed by atoms with Crippen molar-refractivity contribution in [3.63, 3.8) is 0 Å². The molecular weight excluding hydrogens is 866 g/mol. The Morgan fingerprint density at radius 2 is 1.44 bits per heavy atom. The molecule has 11 nitrogen and oxygen atoms in total. The predicted octanol–water partition coefficient (Wildman–Crippen LogP) is 10.5. The number of hydrogen-bond acceptors (Lipinski definition) is 8. The molecule has 0 spiro atoms. The van der Waals surface area contributed by atoms with Crippen LogP contribution in [0.5, 0.6) is 0 Å². The van der Waals surface area contributed by atoms with Crippen LogP contribution in [0.3, 0.4) is 0 Å². The third kappa shape index (κ3) is 7.84. The first-order chi connectivity index (χ1) is 30.2. The predicted molar refractivity (Wildman–Crippen MR) is 244 cm³/mol. The Morgan fingerprint density at radius 3 is 2.02 bits per heavy atom. The van der Waals surface area contributed by atoms with Gasteiger partial charge < -0.3 is 19.0 Å². The van der Waals surface area contributed by atoms with Crippen molar-refractivity contribution in [3.8, 4) is 22.7 Å². The molecule has 314 valence electrons. The summed E-state index contributed by atoms with van der Waals surface area (Å²) in [6, 6.07) is 43.6. The van der Waals surface area contributed by atoms with E-state index in [1.165, 1.54) is 0 Å². The molecule has 0 saturated carbocycles. The fourth-order valence-electron chi connectivity index (χ4n) is 8.03. The zero-order valence-corrected chi connectivity index (χ0v) is 37.1. The molecule has 1 amide bonds. The standard InChI is InChI=1S/C49H45BrClN7O4/c1-5-31(4)42(48(60)61-7-3)53-47(59)43-45(51)52-40(6-2)57(43)30-32-27-28-39-38(29-32)41(50)44(62-39)36-25-17-18-26-37(36)46-54-56-58(55-46)49(33-19-11-8-12-20-33,34-21-13-9-14-22-34)35-23-15-10-16-24-35/h8-29,31,42H,5-7,30H2,1-4H3,(H,53,59)/t31?,42-/m0/s1. The minimum atomic E-state index is -0.936. The summed E-state index contributed by atoms with van der Waals surface area (Å²) in [5, 5.41) is 18.4. The zero-order valence-electron chi connectivity index (χ0n) is 34.8. The number of rotatable bonds is 15. The Hall–Kier alpha value is -6.37. The van der Waals surface area contributed by atoms with Crippen LogP contribution in [0.1, 0.15) is 72.7 Å². The van der Waals surface area contributed by atoms with Gasteiger partial charge in [0.2, 0.25) is 5.82 Å². The highest BCUT2D eigenvalue weighted by molar-refractivity contribution is 9.10. The normalized spacial score (nSPS) is 12.6. The lowest BCUT2D eigenvalue weighted by Crippen LogP contribution is -2.46. The van der Waals surface area contributed by atoms with Crippen molar-refractivity contribution in [2.24, 2.45) is 5.92 Å². The lowest BCUT2D eigenvalue weighted by Gasteiger charge is -2.34. The number of furan rings is 1. The summed E-state index contributed by atoms with van der Waals surface area (Å²) in [5.41, 5.74) is 5.22. The average Bonchev–Trinajstić information content (AvgIpc) is 4.02. The monoisotopic (exact) mass is 909 g/mol. The van der Waals surface area contributed by atoms with Crippen LogP contribution in [-0.4, -0.2) is 54.3 Å². The molecule has 0 radical (unpaired) electrons. The van der Waals surface area contributed by atoms with E-state index >= 15 is 0 Å². The van der Waals surface area contributed by atoms with Crippen molar-refractivity contribution in [1.29, 1.82) is 0 Å². The van der Waals surface area contributed by atoms with Gasteiger partial charge in [-0.1, -0.05) is 160 Å². The summed E-state index contributed by atoms with van der Waals surface area (Å²) in [5.74, 6) is 0.514. The van der Waals surface area contributed by atoms with Crippen LogP contribution in [0.2, 0.25) is 5.15 Å². The molecule has 0 aliphatic heterocycles. The number of halogens is 2. The summed E-state index contributed by atoms with van der Waals surface area (Å²) >= 11 is 10.5. The number of hydrogen-bond donors (Lipinski definition) is 1. The Bertz CT molecular complexity index is 2750. The molecule has 1 unspecified atom stereocenters. The molecule has 13 heteroatoms. The van der Waals surface area contributed by atoms with Crippen LogP contribution in [0, 0.1) is 5.92 Å². The zero-order chi connectivity index (χ0) is 43.4. The number of amides is 1. The number of nitrogens with one attached hydrogen (secondary N) is 1. The van der Waals surface area contributed by atoms with Crippen LogP contribution in [0.15, 0.2) is 142 Å². The van der Waals surface area contributed by atoms with Crippen LogP contribution >= 0.6 is 27.5 Å². The molecule has 0 fully saturated rings. The van der Waals surface area contributed by atoms with E-state index in [1.54, 1.807) is 16.3 Å². The van der Waals surface area contributed by atoms with Gasteiger partial charge in [-0.2, -0.15) is 0 Å². The van der Waals surface area contributed by atoms with E-state index in [-0.39, 0.29) is 29.9 Å². The van der Waals surface area contributed by atoms with E-state index in [0.717, 1.165) is 43.2 Å². The van der Waals surface area contributed by atoms with E-state index in [1.807, 2.05) is 118 Å². The van der Waals surface area contributed by atoms with Crippen LogP contribution < -0.4 is 5.32 Å². The number of imidazole rings is 1. The van der Waals surface area contributed by atoms with Crippen molar-refractivity contribution in [2.75, 3.05) is 6.61 Å². The second-order valence-corrected chi connectivity index (χ2v) is 16.2. The van der Waals surface area contributed by atoms with Crippen molar-refractivity contribution in [1.82, 2.24) is 35.1 Å². The number of tetrazole rings is 1. The summed E-state index contributed by atoms with van der Waals surface area (Å²) in [6.07, 6.45) is 1.19. The second kappa shape index (κ2) is 18.3. The first-order valence-corrected chi connectivity index (χ1v) is 21.9. The molecule has 0 saturated heterocycles. The molecule has 5 aromatic carbocycles. The topological polar surface area (TPSA) is 130 Å². The molecular formula is C49H45BrClN7O4. The third-order valence-electron chi connectivity index (χ3n) is 11.3. The maximum atomic E-state index is 13.9. The number of ether oxygens (including phenoxy) is 1. The van der Waals surface area contributed by atoms with Gasteiger partial charge in [0.25, 0.3) is 5.91 Å². The lowest BCUT2D eigenvalue weighted by molar-refractivity contribution is -0.146. The molecule has 3 aromatic heterocycles. The summed E-state index contributed by atoms with van der Waals surface area (Å²) in [6.45, 7) is 8.05. The summed E-state index contributed by atoms with van der Waals surface area (Å²) in [4.78, 5) is 33.0. The van der Waals surface area contributed by atoms with E-state index in [4.69, 9.17) is 36.2 Å². The highest BCUT2D eigenvalue weighted by atomic mass is 79.9. The average molecular weight is 911 g/mol. The van der Waals surface area contributed by atoms with Gasteiger partial charge >= 0.3 is 5.97 Å². The fraction of sp³-hybridized carbons (Fsp3) is 0.224. The minimum absolute atomic E-state index is 0.0645. The lowest BCUT2D eigenvalue weighted by atomic mass is 9.77. The van der Waals surface area contributed by atoms with Crippen molar-refractivity contribution in [2.45, 2.75) is 58.7 Å². The number of aromatic nitrogens is 6. The van der Waals surface area contributed by atoms with Crippen LogP contribution in [-0.2, 0) is 28.0 Å². The largest absolute Gasteiger partial charge is 0.464 e. The second-order valence-electron chi connectivity index (χ2n) is 15.0. The molecule has 8 rings (SSSR count). The van der Waals surface area contributed by atoms with E-state index in [0.29, 0.717) is 35.8 Å². The Morgan fingerprint density at radius 1 is 0.839 bits per heavy atom. The Labute approximate surface area is 373 Å². The van der Waals surface area contributed by atoms with Crippen molar-refractivity contribution < 1.29 is 18.7 Å². The first kappa shape index (κ1) is 42.3. The Kier molecular flexibility index (Phi) is 12.5. The van der Waals surface area contributed by atoms with Gasteiger partial charge in [0, 0.05) is 29.5 Å². The van der Waals surface area contributed by atoms with Gasteiger partial charge in [0.05, 0.1) is 11.1 Å². The van der Waals surface area contributed by atoms with Gasteiger partial charge in [-0.05, 0) is 68.4 Å². The molecule has 0 aliphatic rings. The molecule has 62 heavy (non-hydrogen) atoms. The maximum Gasteiger partial charge on any atom is 0.328 e. The summed E-state index contributed by atoms with van der Waals surface area (Å²) < 4.78 is 14.4. The minimum Gasteiger partial charge on any atom is -0.464 e. The third-order valence-corrected chi connectivity index (χ3v) is 12.4. The quantitative estimate of drug-likeness (QED) is 0.0795. The number of benzene rings is 5. The molecule has 0 bridgehead atoms. The first-order valence-electron chi connectivity index (χ1n) is 20.7. The molecule has 3 heterocycles. The van der Waals surface area contributed by atoms with Crippen molar-refractivity contribution in [3.05, 3.63) is 177 Å². The molecule has 0 aliphatic carbocycles. The highest BCUT2D eigenvalue weighted by Crippen LogP contribution is 2.43. The van der Waals surface area contributed by atoms with E-state index in [9.17, 15) is 9.59 Å². The van der Waals surface area contributed by atoms with Crippen molar-refractivity contribution >= 4 is 50.4 Å². The van der Waals surface area contributed by atoms with E-state index < -0.39 is 23.5 Å². The smallest absolute Gasteiger partial charge is 0.328 e. The number of fused-ring (bicyclic) bond motifs is 1. The summed E-state index contributed by atoms with van der Waals surface area (Å²) in [7, 11) is 0. The number of nitrogens with zero attached hydrogens (tertiary/aromatic N) is 6. The molecule has 8 aromatic rings. The van der Waals surface area contributed by atoms with Gasteiger partial charge in [-0.15, -0.1) is 15.0 Å².